The number of aryl methyl sites for hydroxylation is 1. The number of benzene rings is 2. The van der Waals surface area contributed by atoms with E-state index in [1.807, 2.05) is 24.3 Å². The zero-order valence-corrected chi connectivity index (χ0v) is 17.1. The fraction of sp³-hybridized carbons (Fsp3) is 0.417. The van der Waals surface area contributed by atoms with Crippen molar-refractivity contribution in [2.45, 2.75) is 25.7 Å². The fourth-order valence-electron chi connectivity index (χ4n) is 3.97. The number of carbonyl (C=O) groups is 1. The second kappa shape index (κ2) is 9.96. The van der Waals surface area contributed by atoms with Crippen molar-refractivity contribution in [1.29, 1.82) is 0 Å². The van der Waals surface area contributed by atoms with Gasteiger partial charge in [-0.15, -0.1) is 0 Å². The minimum absolute atomic E-state index is 0.0320. The molecule has 0 aromatic heterocycles. The first-order valence-electron chi connectivity index (χ1n) is 10.6. The van der Waals surface area contributed by atoms with E-state index >= 15 is 0 Å². The molecule has 0 bridgehead atoms. The summed E-state index contributed by atoms with van der Waals surface area (Å²) < 4.78 is 18.9. The van der Waals surface area contributed by atoms with Gasteiger partial charge in [-0.25, -0.2) is 9.40 Å². The highest BCUT2D eigenvalue weighted by molar-refractivity contribution is 6.02. The van der Waals surface area contributed by atoms with E-state index < -0.39 is 0 Å². The molecule has 2 aliphatic heterocycles. The second-order valence-corrected chi connectivity index (χ2v) is 7.73. The summed E-state index contributed by atoms with van der Waals surface area (Å²) in [5.41, 5.74) is 3.61. The van der Waals surface area contributed by atoms with Gasteiger partial charge in [-0.2, -0.15) is 5.10 Å². The van der Waals surface area contributed by atoms with Crippen molar-refractivity contribution < 1.29 is 13.9 Å². The van der Waals surface area contributed by atoms with Crippen LogP contribution in [-0.4, -0.2) is 60.9 Å². The zero-order valence-electron chi connectivity index (χ0n) is 17.1. The second-order valence-electron chi connectivity index (χ2n) is 7.73. The van der Waals surface area contributed by atoms with Crippen molar-refractivity contribution in [3.63, 3.8) is 0 Å². The number of morpholine rings is 1. The van der Waals surface area contributed by atoms with Crippen LogP contribution in [0, 0.1) is 11.9 Å². The van der Waals surface area contributed by atoms with Crippen molar-refractivity contribution in [3.8, 4) is 0 Å². The SMILES string of the molecule is O=C(Cc1ccc[c]c1CCCN1CCOCC1)N1CCC(c2cccc(F)c2)=N1. The Hall–Kier alpha value is -2.57. The van der Waals surface area contributed by atoms with Crippen LogP contribution in [0.1, 0.15) is 29.5 Å². The molecule has 2 aromatic carbocycles. The maximum absolute atomic E-state index is 13.5. The van der Waals surface area contributed by atoms with Crippen LogP contribution in [0.25, 0.3) is 0 Å². The van der Waals surface area contributed by atoms with Crippen molar-refractivity contribution >= 4 is 11.6 Å². The zero-order chi connectivity index (χ0) is 20.8. The van der Waals surface area contributed by atoms with Crippen molar-refractivity contribution in [3.05, 3.63) is 71.0 Å². The first-order valence-corrected chi connectivity index (χ1v) is 10.6. The Labute approximate surface area is 177 Å². The summed E-state index contributed by atoms with van der Waals surface area (Å²) >= 11 is 0. The van der Waals surface area contributed by atoms with Crippen LogP contribution in [-0.2, 0) is 22.4 Å². The molecular formula is C24H27FN3O2. The first-order chi connectivity index (χ1) is 14.7. The van der Waals surface area contributed by atoms with E-state index in [0.29, 0.717) is 19.4 Å². The lowest BCUT2D eigenvalue weighted by atomic mass is 10.00. The molecule has 0 atom stereocenters. The molecule has 0 unspecified atom stereocenters. The van der Waals surface area contributed by atoms with Crippen LogP contribution in [0.15, 0.2) is 47.6 Å². The molecule has 6 heteroatoms. The number of amides is 1. The lowest BCUT2D eigenvalue weighted by Crippen LogP contribution is -2.37. The number of nitrogens with zero attached hydrogens (tertiary/aromatic N) is 3. The predicted octanol–water partition coefficient (Wildman–Crippen LogP) is 3.07. The maximum Gasteiger partial charge on any atom is 0.247 e. The van der Waals surface area contributed by atoms with E-state index in [1.54, 1.807) is 6.07 Å². The molecule has 2 aromatic rings. The summed E-state index contributed by atoms with van der Waals surface area (Å²) in [7, 11) is 0. The summed E-state index contributed by atoms with van der Waals surface area (Å²) in [4.78, 5) is 15.3. The van der Waals surface area contributed by atoms with Crippen LogP contribution in [0.5, 0.6) is 0 Å². The van der Waals surface area contributed by atoms with Crippen LogP contribution in [0.2, 0.25) is 0 Å². The highest BCUT2D eigenvalue weighted by atomic mass is 19.1. The molecule has 1 amide bonds. The molecule has 1 saturated heterocycles. The third-order valence-corrected chi connectivity index (χ3v) is 5.63. The molecular weight excluding hydrogens is 381 g/mol. The predicted molar refractivity (Wildman–Crippen MR) is 114 cm³/mol. The molecule has 4 rings (SSSR count). The summed E-state index contributed by atoms with van der Waals surface area (Å²) in [6, 6.07) is 15.5. The molecule has 0 spiro atoms. The van der Waals surface area contributed by atoms with Gasteiger partial charge in [0.15, 0.2) is 0 Å². The summed E-state index contributed by atoms with van der Waals surface area (Å²) in [6.07, 6.45) is 2.89. The van der Waals surface area contributed by atoms with Gasteiger partial charge in [-0.3, -0.25) is 9.69 Å². The monoisotopic (exact) mass is 408 g/mol. The van der Waals surface area contributed by atoms with Crippen LogP contribution in [0.3, 0.4) is 0 Å². The molecule has 2 aliphatic rings. The smallest absolute Gasteiger partial charge is 0.247 e. The van der Waals surface area contributed by atoms with E-state index in [4.69, 9.17) is 4.74 Å². The van der Waals surface area contributed by atoms with Crippen molar-refractivity contribution in [2.75, 3.05) is 39.4 Å². The minimum Gasteiger partial charge on any atom is -0.379 e. The number of carbonyl (C=O) groups excluding carboxylic acids is 1. The van der Waals surface area contributed by atoms with Crippen LogP contribution < -0.4 is 0 Å². The molecule has 30 heavy (non-hydrogen) atoms. The topological polar surface area (TPSA) is 45.1 Å². The number of halogens is 1. The van der Waals surface area contributed by atoms with E-state index in [2.05, 4.69) is 16.1 Å². The van der Waals surface area contributed by atoms with Gasteiger partial charge in [0.25, 0.3) is 0 Å². The van der Waals surface area contributed by atoms with E-state index in [9.17, 15) is 9.18 Å². The van der Waals surface area contributed by atoms with Crippen LogP contribution in [0.4, 0.5) is 4.39 Å². The Morgan fingerprint density at radius 1 is 1.17 bits per heavy atom. The maximum atomic E-state index is 13.5. The third-order valence-electron chi connectivity index (χ3n) is 5.63. The van der Waals surface area contributed by atoms with Crippen molar-refractivity contribution in [2.24, 2.45) is 5.10 Å². The highest BCUT2D eigenvalue weighted by Crippen LogP contribution is 2.18. The van der Waals surface area contributed by atoms with Gasteiger partial charge in [-0.05, 0) is 48.7 Å². The highest BCUT2D eigenvalue weighted by Gasteiger charge is 2.22. The lowest BCUT2D eigenvalue weighted by Gasteiger charge is -2.26. The standard InChI is InChI=1S/C24H27FN3O2/c25-22-9-3-7-21(17-22)23-10-12-28(26-23)24(29)18-20-6-2-1-5-19(20)8-4-11-27-13-15-30-16-14-27/h1-3,6-7,9,17H,4,8,10-16,18H2. The van der Waals surface area contributed by atoms with Gasteiger partial charge < -0.3 is 4.74 Å². The summed E-state index contributed by atoms with van der Waals surface area (Å²) in [6.45, 7) is 5.17. The average molecular weight is 408 g/mol. The normalized spacial score (nSPS) is 17.2. The molecule has 1 fully saturated rings. The molecule has 0 saturated carbocycles. The summed E-state index contributed by atoms with van der Waals surface area (Å²) in [5.74, 6) is -0.322. The first kappa shape index (κ1) is 20.7. The molecule has 157 valence electrons. The van der Waals surface area contributed by atoms with E-state index in [0.717, 1.165) is 68.1 Å². The fourth-order valence-corrected chi connectivity index (χ4v) is 3.97. The number of hydrogen-bond donors (Lipinski definition) is 0. The lowest BCUT2D eigenvalue weighted by molar-refractivity contribution is -0.130. The molecule has 0 aliphatic carbocycles. The van der Waals surface area contributed by atoms with Gasteiger partial charge in [0, 0.05) is 25.1 Å². The molecule has 2 heterocycles. The van der Waals surface area contributed by atoms with Gasteiger partial charge >= 0.3 is 0 Å². The van der Waals surface area contributed by atoms with Gasteiger partial charge in [0.05, 0.1) is 31.9 Å². The van der Waals surface area contributed by atoms with Gasteiger partial charge in [-0.1, -0.05) is 30.3 Å². The average Bonchev–Trinajstić information content (AvgIpc) is 3.26. The number of ether oxygens (including phenoxy) is 1. The summed E-state index contributed by atoms with van der Waals surface area (Å²) in [5, 5.41) is 5.97. The van der Waals surface area contributed by atoms with Crippen molar-refractivity contribution in [1.82, 2.24) is 9.91 Å². The largest absolute Gasteiger partial charge is 0.379 e. The molecule has 5 nitrogen and oxygen atoms in total. The number of rotatable bonds is 7. The van der Waals surface area contributed by atoms with Crippen LogP contribution >= 0.6 is 0 Å². The Bertz CT molecular complexity index is 909. The number of hydrogen-bond acceptors (Lipinski definition) is 4. The number of hydrazone groups is 1. The minimum atomic E-state index is -0.290. The van der Waals surface area contributed by atoms with Gasteiger partial charge in [0.1, 0.15) is 5.82 Å². The Morgan fingerprint density at radius 3 is 2.87 bits per heavy atom. The molecule has 1 radical (unpaired) electrons. The third kappa shape index (κ3) is 5.32. The Balaban J connectivity index is 1.35. The molecule has 0 N–H and O–H groups in total. The van der Waals surface area contributed by atoms with E-state index in [-0.39, 0.29) is 11.7 Å². The van der Waals surface area contributed by atoms with Gasteiger partial charge in [0.2, 0.25) is 5.91 Å². The quantitative estimate of drug-likeness (QED) is 0.707. The Morgan fingerprint density at radius 2 is 2.03 bits per heavy atom. The van der Waals surface area contributed by atoms with E-state index in [1.165, 1.54) is 17.1 Å². The Kier molecular flexibility index (Phi) is 6.87.